The Kier molecular flexibility index (Phi) is 10.8. The number of likely N-dealkylation sites (tertiary alicyclic amines) is 1. The third-order valence-electron chi connectivity index (χ3n) is 5.47. The first-order chi connectivity index (χ1) is 13.8. The molecule has 2 aliphatic heterocycles. The van der Waals surface area contributed by atoms with Crippen molar-refractivity contribution in [3.63, 3.8) is 0 Å². The fraction of sp³-hybridized carbons (Fsp3) is 0.591. The number of hydrogen-bond donors (Lipinski definition) is 2. The molecule has 0 spiro atoms. The standard InChI is InChI=1S/C22H34N4O2.HI/c1-3-13-28-21-7-5-4-6-19(21)15-24-22(23-2)25-20-8-11-26(12-9-20)16-18-10-14-27-17-18;/h3-7,18,20H,1,8-17H2,2H3,(H2,23,24,25);1H. The van der Waals surface area contributed by atoms with Crippen LogP contribution in [0.1, 0.15) is 24.8 Å². The third-order valence-corrected chi connectivity index (χ3v) is 5.47. The van der Waals surface area contributed by atoms with Crippen molar-refractivity contribution in [2.45, 2.75) is 31.8 Å². The normalized spacial score (nSPS) is 20.7. The summed E-state index contributed by atoms with van der Waals surface area (Å²) in [5.74, 6) is 2.46. The van der Waals surface area contributed by atoms with Crippen LogP contribution in [0.25, 0.3) is 0 Å². The van der Waals surface area contributed by atoms with Gasteiger partial charge in [0.15, 0.2) is 5.96 Å². The second-order valence-corrected chi connectivity index (χ2v) is 7.58. The fourth-order valence-corrected chi connectivity index (χ4v) is 3.86. The number of rotatable bonds is 8. The van der Waals surface area contributed by atoms with Crippen molar-refractivity contribution in [1.82, 2.24) is 15.5 Å². The fourth-order valence-electron chi connectivity index (χ4n) is 3.86. The molecule has 0 saturated carbocycles. The molecule has 0 aliphatic carbocycles. The second kappa shape index (κ2) is 13.1. The molecule has 29 heavy (non-hydrogen) atoms. The molecule has 2 aliphatic rings. The van der Waals surface area contributed by atoms with Crippen LogP contribution >= 0.6 is 24.0 Å². The van der Waals surface area contributed by atoms with E-state index in [9.17, 15) is 0 Å². The number of piperidine rings is 1. The average Bonchev–Trinajstić information content (AvgIpc) is 3.24. The summed E-state index contributed by atoms with van der Waals surface area (Å²) in [6.07, 6.45) is 5.27. The average molecular weight is 514 g/mol. The summed E-state index contributed by atoms with van der Waals surface area (Å²) in [6.45, 7) is 10.2. The van der Waals surface area contributed by atoms with Gasteiger partial charge in [-0.3, -0.25) is 4.99 Å². The zero-order valence-corrected chi connectivity index (χ0v) is 19.8. The van der Waals surface area contributed by atoms with Crippen molar-refractivity contribution in [3.05, 3.63) is 42.5 Å². The molecule has 1 unspecified atom stereocenters. The molecule has 2 N–H and O–H groups in total. The number of hydrogen-bond acceptors (Lipinski definition) is 4. The van der Waals surface area contributed by atoms with Crippen LogP contribution < -0.4 is 15.4 Å². The lowest BCUT2D eigenvalue weighted by Gasteiger charge is -2.34. The maximum Gasteiger partial charge on any atom is 0.191 e. The number of ether oxygens (including phenoxy) is 2. The summed E-state index contributed by atoms with van der Waals surface area (Å²) < 4.78 is 11.2. The van der Waals surface area contributed by atoms with E-state index >= 15 is 0 Å². The summed E-state index contributed by atoms with van der Waals surface area (Å²) in [4.78, 5) is 6.98. The van der Waals surface area contributed by atoms with Crippen LogP contribution in [0.2, 0.25) is 0 Å². The zero-order chi connectivity index (χ0) is 19.6. The molecule has 0 aromatic heterocycles. The van der Waals surface area contributed by atoms with Crippen LogP contribution in [0.15, 0.2) is 41.9 Å². The molecule has 0 bridgehead atoms. The first kappa shape index (κ1) is 24.0. The van der Waals surface area contributed by atoms with Gasteiger partial charge < -0.3 is 25.0 Å². The molecule has 2 fully saturated rings. The molecule has 3 rings (SSSR count). The number of halogens is 1. The Hall–Kier alpha value is -1.32. The molecule has 1 aromatic carbocycles. The smallest absolute Gasteiger partial charge is 0.191 e. The first-order valence-corrected chi connectivity index (χ1v) is 10.4. The van der Waals surface area contributed by atoms with Crippen LogP contribution in [0, 0.1) is 5.92 Å². The Bertz CT molecular complexity index is 641. The number of nitrogens with one attached hydrogen (secondary N) is 2. The maximum atomic E-state index is 5.74. The quantitative estimate of drug-likeness (QED) is 0.242. The Morgan fingerprint density at radius 3 is 2.79 bits per heavy atom. The van der Waals surface area contributed by atoms with Gasteiger partial charge in [0.25, 0.3) is 0 Å². The van der Waals surface area contributed by atoms with Crippen molar-refractivity contribution >= 4 is 29.9 Å². The molecule has 1 aromatic rings. The van der Waals surface area contributed by atoms with Crippen LogP contribution in [0.3, 0.4) is 0 Å². The van der Waals surface area contributed by atoms with Crippen LogP contribution in [0.5, 0.6) is 5.75 Å². The maximum absolute atomic E-state index is 5.74. The topological polar surface area (TPSA) is 58.1 Å². The largest absolute Gasteiger partial charge is 0.489 e. The van der Waals surface area contributed by atoms with Crippen LogP contribution in [-0.2, 0) is 11.3 Å². The second-order valence-electron chi connectivity index (χ2n) is 7.58. The van der Waals surface area contributed by atoms with E-state index < -0.39 is 0 Å². The van der Waals surface area contributed by atoms with E-state index in [4.69, 9.17) is 9.47 Å². The van der Waals surface area contributed by atoms with E-state index in [0.717, 1.165) is 62.3 Å². The highest BCUT2D eigenvalue weighted by Crippen LogP contribution is 2.19. The molecule has 0 amide bonds. The lowest BCUT2D eigenvalue weighted by atomic mass is 10.0. The third kappa shape index (κ3) is 7.79. The monoisotopic (exact) mass is 514 g/mol. The van der Waals surface area contributed by atoms with Gasteiger partial charge in [-0.1, -0.05) is 30.9 Å². The molecule has 6 nitrogen and oxygen atoms in total. The van der Waals surface area contributed by atoms with Gasteiger partial charge in [0.05, 0.1) is 6.61 Å². The highest BCUT2D eigenvalue weighted by Gasteiger charge is 2.24. The lowest BCUT2D eigenvalue weighted by molar-refractivity contribution is 0.150. The van der Waals surface area contributed by atoms with Crippen molar-refractivity contribution in [1.29, 1.82) is 0 Å². The highest BCUT2D eigenvalue weighted by molar-refractivity contribution is 14.0. The summed E-state index contributed by atoms with van der Waals surface area (Å²) >= 11 is 0. The minimum absolute atomic E-state index is 0. The predicted molar refractivity (Wildman–Crippen MR) is 129 cm³/mol. The first-order valence-electron chi connectivity index (χ1n) is 10.4. The van der Waals surface area contributed by atoms with E-state index in [2.05, 4.69) is 33.2 Å². The Morgan fingerprint density at radius 2 is 2.10 bits per heavy atom. The summed E-state index contributed by atoms with van der Waals surface area (Å²) in [5, 5.41) is 7.01. The van der Waals surface area contributed by atoms with Gasteiger partial charge in [-0.25, -0.2) is 0 Å². The summed E-state index contributed by atoms with van der Waals surface area (Å²) in [7, 11) is 1.82. The SMILES string of the molecule is C=CCOc1ccccc1CNC(=NC)NC1CCN(CC2CCOC2)CC1.I. The molecular formula is C22H35IN4O2. The molecule has 2 saturated heterocycles. The van der Waals surface area contributed by atoms with Gasteiger partial charge in [-0.2, -0.15) is 0 Å². The lowest BCUT2D eigenvalue weighted by Crippen LogP contribution is -2.49. The number of guanidine groups is 1. The Labute approximate surface area is 192 Å². The highest BCUT2D eigenvalue weighted by atomic mass is 127. The van der Waals surface area contributed by atoms with Crippen molar-refractivity contribution in [3.8, 4) is 5.75 Å². The van der Waals surface area contributed by atoms with Crippen LogP contribution in [0.4, 0.5) is 0 Å². The van der Waals surface area contributed by atoms with Crippen molar-refractivity contribution in [2.75, 3.05) is 46.5 Å². The number of para-hydroxylation sites is 1. The number of benzene rings is 1. The Morgan fingerprint density at radius 1 is 1.31 bits per heavy atom. The molecule has 2 heterocycles. The van der Waals surface area contributed by atoms with E-state index in [0.29, 0.717) is 19.2 Å². The van der Waals surface area contributed by atoms with E-state index in [1.165, 1.54) is 13.0 Å². The molecule has 0 radical (unpaired) electrons. The molecular weight excluding hydrogens is 479 g/mol. The van der Waals surface area contributed by atoms with Gasteiger partial charge in [-0.15, -0.1) is 24.0 Å². The molecule has 7 heteroatoms. The minimum Gasteiger partial charge on any atom is -0.489 e. The van der Waals surface area contributed by atoms with Gasteiger partial charge >= 0.3 is 0 Å². The van der Waals surface area contributed by atoms with E-state index in [-0.39, 0.29) is 24.0 Å². The zero-order valence-electron chi connectivity index (χ0n) is 17.4. The summed E-state index contributed by atoms with van der Waals surface area (Å²) in [6, 6.07) is 8.54. The van der Waals surface area contributed by atoms with Gasteiger partial charge in [0, 0.05) is 51.4 Å². The minimum atomic E-state index is 0. The number of nitrogens with zero attached hydrogens (tertiary/aromatic N) is 2. The summed E-state index contributed by atoms with van der Waals surface area (Å²) in [5.41, 5.74) is 1.11. The number of aliphatic imine (C=N–C) groups is 1. The Balaban J connectivity index is 0.00000300. The van der Waals surface area contributed by atoms with Crippen LogP contribution in [-0.4, -0.2) is 63.4 Å². The van der Waals surface area contributed by atoms with Gasteiger partial charge in [-0.05, 0) is 31.2 Å². The van der Waals surface area contributed by atoms with Crippen molar-refractivity contribution in [2.24, 2.45) is 10.9 Å². The van der Waals surface area contributed by atoms with Gasteiger partial charge in [0.1, 0.15) is 12.4 Å². The van der Waals surface area contributed by atoms with Crippen molar-refractivity contribution < 1.29 is 9.47 Å². The predicted octanol–water partition coefficient (Wildman–Crippen LogP) is 3.04. The molecule has 1 atom stereocenters. The van der Waals surface area contributed by atoms with Gasteiger partial charge in [0.2, 0.25) is 0 Å². The van der Waals surface area contributed by atoms with E-state index in [1.807, 2.05) is 25.2 Å². The molecule has 162 valence electrons. The van der Waals surface area contributed by atoms with E-state index in [1.54, 1.807) is 6.08 Å².